The lowest BCUT2D eigenvalue weighted by molar-refractivity contribution is -0.138. The first-order chi connectivity index (χ1) is 6.81. The van der Waals surface area contributed by atoms with E-state index in [2.05, 4.69) is 5.32 Å². The van der Waals surface area contributed by atoms with E-state index < -0.39 is 23.4 Å². The lowest BCUT2D eigenvalue weighted by Gasteiger charge is -2.26. The van der Waals surface area contributed by atoms with Crippen molar-refractivity contribution in [2.75, 3.05) is 13.2 Å². The third-order valence-corrected chi connectivity index (χ3v) is 2.03. The molecule has 0 aromatic heterocycles. The van der Waals surface area contributed by atoms with Crippen molar-refractivity contribution in [3.63, 3.8) is 0 Å². The Morgan fingerprint density at radius 3 is 2.33 bits per heavy atom. The van der Waals surface area contributed by atoms with Gasteiger partial charge in [0.2, 0.25) is 5.91 Å². The highest BCUT2D eigenvalue weighted by molar-refractivity contribution is 5.81. The Hall–Kier alpha value is -1.14. The SMILES string of the molecule is CC(C)(CO)[C@@H](O)C(=O)[15NH][13CH2][13CH2][13C](=O)O. The number of aliphatic carboxylic acids is 1. The van der Waals surface area contributed by atoms with Gasteiger partial charge in [-0.2, -0.15) is 0 Å². The summed E-state index contributed by atoms with van der Waals surface area (Å²) in [7, 11) is 0. The fraction of sp³-hybridized carbons (Fsp3) is 0.778. The molecule has 0 spiro atoms. The molecule has 15 heavy (non-hydrogen) atoms. The van der Waals surface area contributed by atoms with Gasteiger partial charge in [0.05, 0.1) is 13.0 Å². The molecule has 0 rings (SSSR count). The largest absolute Gasteiger partial charge is 0.481 e. The lowest BCUT2D eigenvalue weighted by atomic mass is 9.87. The van der Waals surface area contributed by atoms with E-state index >= 15 is 0 Å². The van der Waals surface area contributed by atoms with E-state index in [1.807, 2.05) is 0 Å². The molecule has 0 aliphatic rings. The van der Waals surface area contributed by atoms with E-state index in [0.717, 1.165) is 0 Å². The second-order valence-electron chi connectivity index (χ2n) is 3.98. The predicted octanol–water partition coefficient (Wildman–Crippen LogP) is -1.04. The van der Waals surface area contributed by atoms with Gasteiger partial charge in [0, 0.05) is 12.0 Å². The molecule has 0 fully saturated rings. The van der Waals surface area contributed by atoms with Gasteiger partial charge >= 0.3 is 5.97 Å². The van der Waals surface area contributed by atoms with E-state index in [1.54, 1.807) is 0 Å². The fourth-order valence-electron chi connectivity index (χ4n) is 0.831. The first-order valence-electron chi connectivity index (χ1n) is 4.59. The van der Waals surface area contributed by atoms with Crippen LogP contribution in [0.15, 0.2) is 0 Å². The Labute approximate surface area is 87.9 Å². The highest BCUT2D eigenvalue weighted by atomic mass is 16.5. The van der Waals surface area contributed by atoms with Crippen LogP contribution < -0.4 is 5.32 Å². The summed E-state index contributed by atoms with van der Waals surface area (Å²) >= 11 is 0. The molecule has 6 nitrogen and oxygen atoms in total. The maximum atomic E-state index is 11.3. The normalized spacial score (nSPS) is 13.3. The number of hydrogen-bond donors (Lipinski definition) is 4. The maximum absolute atomic E-state index is 11.3. The standard InChI is InChI=1S/C9H17NO5/c1-9(2,5-11)7(14)8(15)10-4-3-6(12)13/h7,11,14H,3-5H2,1-2H3,(H,10,15)(H,12,13)/t7-/m0/s1/i3+1,4+1,6+1,10+1. The molecule has 0 aliphatic carbocycles. The molecule has 6 heteroatoms. The molecule has 0 aliphatic heterocycles. The summed E-state index contributed by atoms with van der Waals surface area (Å²) in [6.07, 6.45) is -1.55. The Balaban J connectivity index is 4.05. The van der Waals surface area contributed by atoms with Crippen LogP contribution in [0.1, 0.15) is 20.3 Å². The predicted molar refractivity (Wildman–Crippen MR) is 52.1 cm³/mol. The van der Waals surface area contributed by atoms with Crippen LogP contribution in [0, 0.1) is 5.41 Å². The number of nitrogens with one attached hydrogen (secondary N) is 1. The van der Waals surface area contributed by atoms with Crippen LogP contribution in [0.2, 0.25) is 0 Å². The molecule has 0 aromatic carbocycles. The zero-order valence-electron chi connectivity index (χ0n) is 8.86. The summed E-state index contributed by atoms with van der Waals surface area (Å²) in [6.45, 7) is 2.70. The number of rotatable bonds is 6. The van der Waals surface area contributed by atoms with Crippen LogP contribution in [-0.2, 0) is 9.59 Å². The molecule has 1 atom stereocenters. The number of carbonyl (C=O) groups excluding carboxylic acids is 1. The van der Waals surface area contributed by atoms with Crippen molar-refractivity contribution >= 4 is 11.9 Å². The van der Waals surface area contributed by atoms with Gasteiger partial charge in [-0.25, -0.2) is 0 Å². The number of aliphatic hydroxyl groups is 2. The van der Waals surface area contributed by atoms with Crippen LogP contribution in [0.3, 0.4) is 0 Å². The molecule has 1 amide bonds. The summed E-state index contributed by atoms with van der Waals surface area (Å²) in [5.74, 6) is -1.69. The Morgan fingerprint density at radius 2 is 1.93 bits per heavy atom. The van der Waals surface area contributed by atoms with Gasteiger partial charge in [-0.1, -0.05) is 13.8 Å². The van der Waals surface area contributed by atoms with Crippen LogP contribution in [0.5, 0.6) is 0 Å². The fourth-order valence-corrected chi connectivity index (χ4v) is 0.831. The smallest absolute Gasteiger partial charge is 0.305 e. The van der Waals surface area contributed by atoms with Gasteiger partial charge in [-0.3, -0.25) is 9.59 Å². The molecule has 88 valence electrons. The number of carbonyl (C=O) groups is 2. The second-order valence-corrected chi connectivity index (χ2v) is 3.98. The topological polar surface area (TPSA) is 107 Å². The van der Waals surface area contributed by atoms with Gasteiger partial charge in [-0.15, -0.1) is 0 Å². The van der Waals surface area contributed by atoms with Gasteiger partial charge in [0.15, 0.2) is 0 Å². The molecule has 0 aromatic rings. The molecular formula is C9H17NO5. The number of carboxylic acids is 1. The first kappa shape index (κ1) is 13.9. The van der Waals surface area contributed by atoms with Crippen molar-refractivity contribution in [2.45, 2.75) is 26.4 Å². The van der Waals surface area contributed by atoms with Gasteiger partial charge in [0.1, 0.15) is 6.10 Å². The van der Waals surface area contributed by atoms with Crippen molar-refractivity contribution in [1.29, 1.82) is 0 Å². The van der Waals surface area contributed by atoms with Crippen LogP contribution in [0.4, 0.5) is 0 Å². The molecule has 0 heterocycles. The van der Waals surface area contributed by atoms with Gasteiger partial charge in [-0.05, 0) is 0 Å². The second kappa shape index (κ2) is 5.67. The zero-order chi connectivity index (χ0) is 12.1. The lowest BCUT2D eigenvalue weighted by Crippen LogP contribution is -2.45. The molecule has 0 bridgehead atoms. The van der Waals surface area contributed by atoms with E-state index in [0.29, 0.717) is 0 Å². The van der Waals surface area contributed by atoms with Crippen LogP contribution >= 0.6 is 0 Å². The Morgan fingerprint density at radius 1 is 1.40 bits per heavy atom. The zero-order valence-corrected chi connectivity index (χ0v) is 8.86. The van der Waals surface area contributed by atoms with E-state index in [-0.39, 0.29) is 19.6 Å². The van der Waals surface area contributed by atoms with Crippen molar-refractivity contribution < 1.29 is 24.9 Å². The molecule has 0 saturated carbocycles. The summed E-state index contributed by atoms with van der Waals surface area (Å²) in [5, 5.41) is 29.0. The number of hydrogen-bond acceptors (Lipinski definition) is 4. The molecule has 0 unspecified atom stereocenters. The molecule has 0 radical (unpaired) electrons. The summed E-state index contributed by atoms with van der Waals surface area (Å²) in [5.41, 5.74) is -0.937. The van der Waals surface area contributed by atoms with Crippen molar-refractivity contribution in [1.82, 2.24) is 5.32 Å². The quantitative estimate of drug-likeness (QED) is 0.340. The number of aliphatic hydroxyl groups excluding tert-OH is 2. The maximum Gasteiger partial charge on any atom is 0.305 e. The van der Waals surface area contributed by atoms with Crippen molar-refractivity contribution in [3.8, 4) is 0 Å². The van der Waals surface area contributed by atoms with Gasteiger partial charge in [0.25, 0.3) is 0 Å². The molecular weight excluding hydrogens is 206 g/mol. The minimum Gasteiger partial charge on any atom is -0.481 e. The average Bonchev–Trinajstić information content (AvgIpc) is 2.15. The summed E-state index contributed by atoms with van der Waals surface area (Å²) < 4.78 is 0. The van der Waals surface area contributed by atoms with E-state index in [9.17, 15) is 14.7 Å². The monoisotopic (exact) mass is 223 g/mol. The van der Waals surface area contributed by atoms with E-state index in [4.69, 9.17) is 10.2 Å². The Bertz CT molecular complexity index is 239. The van der Waals surface area contributed by atoms with Crippen LogP contribution in [0.25, 0.3) is 0 Å². The van der Waals surface area contributed by atoms with Gasteiger partial charge < -0.3 is 20.6 Å². The minimum absolute atomic E-state index is 0.0350. The highest BCUT2D eigenvalue weighted by Gasteiger charge is 2.32. The van der Waals surface area contributed by atoms with E-state index in [1.165, 1.54) is 13.8 Å². The number of amides is 1. The first-order valence-corrected chi connectivity index (χ1v) is 4.59. The van der Waals surface area contributed by atoms with Crippen molar-refractivity contribution in [2.24, 2.45) is 5.41 Å². The number of carboxylic acid groups (broad SMARTS) is 1. The average molecular weight is 223 g/mol. The molecule has 4 N–H and O–H groups in total. The Kier molecular flexibility index (Phi) is 5.24. The third-order valence-electron chi connectivity index (χ3n) is 2.03. The van der Waals surface area contributed by atoms with Crippen LogP contribution in [-0.4, -0.2) is 46.5 Å². The summed E-state index contributed by atoms with van der Waals surface area (Å²) in [6, 6.07) is 0. The summed E-state index contributed by atoms with van der Waals surface area (Å²) in [4.78, 5) is 21.4. The van der Waals surface area contributed by atoms with Crippen molar-refractivity contribution in [3.05, 3.63) is 0 Å². The third kappa shape index (κ3) is 4.75. The molecule has 0 saturated heterocycles. The highest BCUT2D eigenvalue weighted by Crippen LogP contribution is 2.19. The minimum atomic E-state index is -1.35.